The highest BCUT2D eigenvalue weighted by atomic mass is 16.2. The van der Waals surface area contributed by atoms with Gasteiger partial charge in [0, 0.05) is 45.6 Å². The lowest BCUT2D eigenvalue weighted by atomic mass is 10.1. The second-order valence-electron chi connectivity index (χ2n) is 5.44. The van der Waals surface area contributed by atoms with Crippen LogP contribution in [0.3, 0.4) is 0 Å². The molecule has 1 N–H and O–H groups in total. The molecule has 120 valence electrons. The monoisotopic (exact) mass is 307 g/mol. The van der Waals surface area contributed by atoms with Crippen LogP contribution >= 0.6 is 0 Å². The lowest BCUT2D eigenvalue weighted by Crippen LogP contribution is -2.43. The molecule has 1 aromatic rings. The summed E-state index contributed by atoms with van der Waals surface area (Å²) in [6.07, 6.45) is 2.93. The first-order valence-corrected chi connectivity index (χ1v) is 7.20. The SMILES string of the molecule is CNC(=O)[C@@H]1CN(C)CCN(C(=O)Cn2cccnc2=O)C1. The maximum absolute atomic E-state index is 12.4. The molecule has 0 unspecified atom stereocenters. The summed E-state index contributed by atoms with van der Waals surface area (Å²) in [7, 11) is 3.52. The van der Waals surface area contributed by atoms with Crippen molar-refractivity contribution in [3.8, 4) is 0 Å². The van der Waals surface area contributed by atoms with E-state index in [4.69, 9.17) is 0 Å². The third kappa shape index (κ3) is 3.91. The molecule has 0 saturated carbocycles. The number of aromatic nitrogens is 2. The number of amides is 2. The molecule has 1 aromatic heterocycles. The highest BCUT2D eigenvalue weighted by Crippen LogP contribution is 2.09. The van der Waals surface area contributed by atoms with Crippen LogP contribution in [0.1, 0.15) is 0 Å². The van der Waals surface area contributed by atoms with Crippen molar-refractivity contribution in [2.24, 2.45) is 5.92 Å². The van der Waals surface area contributed by atoms with Crippen LogP contribution < -0.4 is 11.0 Å². The van der Waals surface area contributed by atoms with E-state index in [1.54, 1.807) is 18.0 Å². The average molecular weight is 307 g/mol. The summed E-state index contributed by atoms with van der Waals surface area (Å²) in [5.74, 6) is -0.531. The number of carbonyl (C=O) groups is 2. The molecule has 0 bridgehead atoms. The Hall–Kier alpha value is -2.22. The molecule has 22 heavy (non-hydrogen) atoms. The van der Waals surface area contributed by atoms with Gasteiger partial charge in [-0.2, -0.15) is 0 Å². The molecule has 1 aliphatic heterocycles. The topological polar surface area (TPSA) is 87.5 Å². The van der Waals surface area contributed by atoms with Crippen LogP contribution in [0.15, 0.2) is 23.3 Å². The summed E-state index contributed by atoms with van der Waals surface area (Å²) in [6, 6.07) is 1.61. The predicted molar refractivity (Wildman–Crippen MR) is 80.1 cm³/mol. The van der Waals surface area contributed by atoms with Gasteiger partial charge in [-0.25, -0.2) is 9.78 Å². The lowest BCUT2D eigenvalue weighted by Gasteiger charge is -2.23. The van der Waals surface area contributed by atoms with Gasteiger partial charge in [-0.05, 0) is 13.1 Å². The molecule has 1 atom stereocenters. The number of hydrogen-bond donors (Lipinski definition) is 1. The molecule has 0 aliphatic carbocycles. The van der Waals surface area contributed by atoms with Crippen LogP contribution in [0.4, 0.5) is 0 Å². The fraction of sp³-hybridized carbons (Fsp3) is 0.571. The normalized spacial score (nSPS) is 19.5. The van der Waals surface area contributed by atoms with E-state index < -0.39 is 5.69 Å². The van der Waals surface area contributed by atoms with Gasteiger partial charge in [-0.3, -0.25) is 14.2 Å². The minimum Gasteiger partial charge on any atom is -0.359 e. The van der Waals surface area contributed by atoms with Crippen molar-refractivity contribution >= 4 is 11.8 Å². The molecule has 1 fully saturated rings. The van der Waals surface area contributed by atoms with E-state index in [1.165, 1.54) is 17.0 Å². The first kappa shape index (κ1) is 16.2. The Morgan fingerprint density at radius 2 is 2.14 bits per heavy atom. The van der Waals surface area contributed by atoms with Crippen LogP contribution in [-0.4, -0.2) is 71.4 Å². The molecule has 1 saturated heterocycles. The van der Waals surface area contributed by atoms with Gasteiger partial charge >= 0.3 is 5.69 Å². The minimum absolute atomic E-state index is 0.0587. The second-order valence-corrected chi connectivity index (χ2v) is 5.44. The summed E-state index contributed by atoms with van der Waals surface area (Å²) < 4.78 is 1.27. The van der Waals surface area contributed by atoms with Gasteiger partial charge in [0.05, 0.1) is 5.92 Å². The average Bonchev–Trinajstić information content (AvgIpc) is 2.70. The van der Waals surface area contributed by atoms with E-state index >= 15 is 0 Å². The van der Waals surface area contributed by atoms with Gasteiger partial charge in [0.2, 0.25) is 11.8 Å². The summed E-state index contributed by atoms with van der Waals surface area (Å²) >= 11 is 0. The molecular weight excluding hydrogens is 286 g/mol. The van der Waals surface area contributed by atoms with Gasteiger partial charge in [0.1, 0.15) is 6.54 Å². The molecule has 2 rings (SSSR count). The number of hydrogen-bond acceptors (Lipinski definition) is 5. The largest absolute Gasteiger partial charge is 0.359 e. The van der Waals surface area contributed by atoms with Crippen molar-refractivity contribution in [2.75, 3.05) is 40.3 Å². The number of nitrogens with zero attached hydrogens (tertiary/aromatic N) is 4. The van der Waals surface area contributed by atoms with Gasteiger partial charge in [0.15, 0.2) is 0 Å². The molecule has 2 heterocycles. The Labute approximate surface area is 128 Å². The zero-order valence-corrected chi connectivity index (χ0v) is 12.9. The molecule has 0 spiro atoms. The number of carbonyl (C=O) groups excluding carboxylic acids is 2. The summed E-state index contributed by atoms with van der Waals surface area (Å²) in [5.41, 5.74) is -0.453. The molecule has 0 radical (unpaired) electrons. The Kier molecular flexibility index (Phi) is 5.26. The predicted octanol–water partition coefficient (Wildman–Crippen LogP) is -1.62. The van der Waals surface area contributed by atoms with Gasteiger partial charge in [-0.1, -0.05) is 0 Å². The number of likely N-dealkylation sites (N-methyl/N-ethyl adjacent to an activating group) is 1. The van der Waals surface area contributed by atoms with Gasteiger partial charge in [0.25, 0.3) is 0 Å². The smallest absolute Gasteiger partial charge is 0.347 e. The highest BCUT2D eigenvalue weighted by Gasteiger charge is 2.28. The quantitative estimate of drug-likeness (QED) is 0.725. The lowest BCUT2D eigenvalue weighted by molar-refractivity contribution is -0.133. The van der Waals surface area contributed by atoms with Crippen molar-refractivity contribution in [3.05, 3.63) is 28.9 Å². The van der Waals surface area contributed by atoms with Crippen LogP contribution in [-0.2, 0) is 16.1 Å². The van der Waals surface area contributed by atoms with E-state index in [0.29, 0.717) is 26.2 Å². The summed E-state index contributed by atoms with van der Waals surface area (Å²) in [6.45, 7) is 2.14. The fourth-order valence-electron chi connectivity index (χ4n) is 2.52. The summed E-state index contributed by atoms with van der Waals surface area (Å²) in [5, 5.41) is 2.63. The van der Waals surface area contributed by atoms with Crippen LogP contribution in [0.2, 0.25) is 0 Å². The first-order chi connectivity index (χ1) is 10.5. The third-order valence-electron chi connectivity index (χ3n) is 3.78. The van der Waals surface area contributed by atoms with Crippen molar-refractivity contribution in [2.45, 2.75) is 6.54 Å². The number of nitrogens with one attached hydrogen (secondary N) is 1. The summed E-state index contributed by atoms with van der Waals surface area (Å²) in [4.78, 5) is 43.2. The minimum atomic E-state index is -0.453. The van der Waals surface area contributed by atoms with E-state index in [-0.39, 0.29) is 24.3 Å². The number of rotatable bonds is 3. The van der Waals surface area contributed by atoms with E-state index in [1.807, 2.05) is 11.9 Å². The molecule has 1 aliphatic rings. The molecule has 8 heteroatoms. The van der Waals surface area contributed by atoms with E-state index in [9.17, 15) is 14.4 Å². The van der Waals surface area contributed by atoms with Crippen molar-refractivity contribution in [1.82, 2.24) is 24.7 Å². The van der Waals surface area contributed by atoms with Crippen LogP contribution in [0.5, 0.6) is 0 Å². The van der Waals surface area contributed by atoms with Crippen molar-refractivity contribution in [3.63, 3.8) is 0 Å². The Bertz CT molecular complexity index is 600. The Balaban J connectivity index is 2.09. The molecule has 0 aromatic carbocycles. The van der Waals surface area contributed by atoms with E-state index in [0.717, 1.165) is 0 Å². The van der Waals surface area contributed by atoms with E-state index in [2.05, 4.69) is 10.3 Å². The van der Waals surface area contributed by atoms with Crippen molar-refractivity contribution in [1.29, 1.82) is 0 Å². The van der Waals surface area contributed by atoms with Gasteiger partial charge in [-0.15, -0.1) is 0 Å². The fourth-order valence-corrected chi connectivity index (χ4v) is 2.52. The zero-order chi connectivity index (χ0) is 16.1. The molecule has 8 nitrogen and oxygen atoms in total. The van der Waals surface area contributed by atoms with Gasteiger partial charge < -0.3 is 15.1 Å². The second kappa shape index (κ2) is 7.17. The van der Waals surface area contributed by atoms with Crippen LogP contribution in [0.25, 0.3) is 0 Å². The molecule has 2 amide bonds. The maximum atomic E-state index is 12.4. The maximum Gasteiger partial charge on any atom is 0.347 e. The third-order valence-corrected chi connectivity index (χ3v) is 3.78. The molecular formula is C14H21N5O3. The zero-order valence-electron chi connectivity index (χ0n) is 12.9. The van der Waals surface area contributed by atoms with Crippen molar-refractivity contribution < 1.29 is 9.59 Å². The Morgan fingerprint density at radius 3 is 2.82 bits per heavy atom. The highest BCUT2D eigenvalue weighted by molar-refractivity contribution is 5.81. The van der Waals surface area contributed by atoms with Crippen LogP contribution in [0, 0.1) is 5.92 Å². The first-order valence-electron chi connectivity index (χ1n) is 7.20. The Morgan fingerprint density at radius 1 is 1.36 bits per heavy atom. The standard InChI is InChI=1S/C14H21N5O3/c1-15-13(21)11-8-17(2)6-7-18(9-11)12(20)10-19-5-3-4-16-14(19)22/h3-5,11H,6-10H2,1-2H3,(H,15,21)/t11-/m1/s1.